The zero-order chi connectivity index (χ0) is 15.6. The predicted molar refractivity (Wildman–Crippen MR) is 88.7 cm³/mol. The first kappa shape index (κ1) is 14.9. The first-order valence-corrected chi connectivity index (χ1v) is 7.63. The van der Waals surface area contributed by atoms with Gasteiger partial charge in [0.2, 0.25) is 0 Å². The van der Waals surface area contributed by atoms with E-state index in [0.717, 1.165) is 17.5 Å². The van der Waals surface area contributed by atoms with E-state index >= 15 is 0 Å². The molecule has 0 aromatic heterocycles. The highest BCUT2D eigenvalue weighted by Crippen LogP contribution is 2.57. The molecule has 2 nitrogen and oxygen atoms in total. The number of carbonyl (C=O) groups excluding carboxylic acids is 1. The molecule has 3 heteroatoms. The van der Waals surface area contributed by atoms with Crippen molar-refractivity contribution in [2.45, 2.75) is 11.8 Å². The van der Waals surface area contributed by atoms with E-state index in [0.29, 0.717) is 5.02 Å². The summed E-state index contributed by atoms with van der Waals surface area (Å²) < 4.78 is 5.04. The molecule has 0 radical (unpaired) electrons. The summed E-state index contributed by atoms with van der Waals surface area (Å²) in [7, 11) is 1.43. The second kappa shape index (κ2) is 5.98. The lowest BCUT2D eigenvalue weighted by atomic mass is 9.92. The van der Waals surface area contributed by atoms with Crippen LogP contribution in [-0.4, -0.2) is 13.1 Å². The van der Waals surface area contributed by atoms with Crippen LogP contribution in [0.25, 0.3) is 6.08 Å². The fourth-order valence-electron chi connectivity index (χ4n) is 2.97. The highest BCUT2D eigenvalue weighted by molar-refractivity contribution is 6.31. The first-order valence-electron chi connectivity index (χ1n) is 7.25. The number of hydrogen-bond acceptors (Lipinski definition) is 2. The van der Waals surface area contributed by atoms with Crippen molar-refractivity contribution in [3.8, 4) is 0 Å². The van der Waals surface area contributed by atoms with Gasteiger partial charge in [-0.2, -0.15) is 0 Å². The van der Waals surface area contributed by atoms with Gasteiger partial charge in [-0.1, -0.05) is 72.3 Å². The lowest BCUT2D eigenvalue weighted by molar-refractivity contribution is -0.144. The number of methoxy groups -OCH3 is 1. The summed E-state index contributed by atoms with van der Waals surface area (Å²) in [6.45, 7) is 0. The topological polar surface area (TPSA) is 26.3 Å². The van der Waals surface area contributed by atoms with Gasteiger partial charge in [0.05, 0.1) is 7.11 Å². The van der Waals surface area contributed by atoms with Crippen LogP contribution >= 0.6 is 11.6 Å². The van der Waals surface area contributed by atoms with Gasteiger partial charge in [-0.05, 0) is 29.5 Å². The Hall–Kier alpha value is -2.06. The van der Waals surface area contributed by atoms with E-state index in [1.54, 1.807) is 0 Å². The number of ether oxygens (including phenoxy) is 1. The van der Waals surface area contributed by atoms with E-state index in [-0.39, 0.29) is 11.9 Å². The zero-order valence-electron chi connectivity index (χ0n) is 12.3. The number of halogens is 1. The Morgan fingerprint density at radius 2 is 1.86 bits per heavy atom. The Morgan fingerprint density at radius 1 is 1.18 bits per heavy atom. The third kappa shape index (κ3) is 2.55. The van der Waals surface area contributed by atoms with Gasteiger partial charge in [0, 0.05) is 5.02 Å². The Kier molecular flexibility index (Phi) is 4.04. The maximum absolute atomic E-state index is 12.4. The molecule has 22 heavy (non-hydrogen) atoms. The van der Waals surface area contributed by atoms with E-state index < -0.39 is 5.41 Å². The minimum Gasteiger partial charge on any atom is -0.468 e. The number of allylic oxidation sites excluding steroid dienone is 1. The third-order valence-corrected chi connectivity index (χ3v) is 4.57. The summed E-state index contributed by atoms with van der Waals surface area (Å²) >= 11 is 6.30. The van der Waals surface area contributed by atoms with Crippen LogP contribution in [-0.2, 0) is 14.9 Å². The highest BCUT2D eigenvalue weighted by atomic mass is 35.5. The molecule has 112 valence electrons. The van der Waals surface area contributed by atoms with Crippen LogP contribution in [0.1, 0.15) is 17.5 Å². The summed E-state index contributed by atoms with van der Waals surface area (Å²) in [4.78, 5) is 12.4. The lowest BCUT2D eigenvalue weighted by Gasteiger charge is -2.16. The fourth-order valence-corrected chi connectivity index (χ4v) is 3.28. The molecule has 2 aromatic carbocycles. The number of hydrogen-bond donors (Lipinski definition) is 0. The van der Waals surface area contributed by atoms with Gasteiger partial charge in [-0.25, -0.2) is 0 Å². The first-order chi connectivity index (χ1) is 10.7. The molecular formula is C19H17ClO2. The van der Waals surface area contributed by atoms with E-state index in [4.69, 9.17) is 16.3 Å². The molecule has 2 aromatic rings. The second-order valence-electron chi connectivity index (χ2n) is 5.52. The van der Waals surface area contributed by atoms with Crippen molar-refractivity contribution in [3.63, 3.8) is 0 Å². The van der Waals surface area contributed by atoms with Crippen LogP contribution in [0.3, 0.4) is 0 Å². The molecule has 0 spiro atoms. The van der Waals surface area contributed by atoms with E-state index in [9.17, 15) is 4.79 Å². The molecule has 0 amide bonds. The molecule has 0 N–H and O–H groups in total. The molecule has 2 atom stereocenters. The molecule has 1 fully saturated rings. The summed E-state index contributed by atoms with van der Waals surface area (Å²) in [6.07, 6.45) is 4.86. The molecule has 3 rings (SSSR count). The van der Waals surface area contributed by atoms with Crippen LogP contribution in [0.2, 0.25) is 5.02 Å². The van der Waals surface area contributed by atoms with Crippen LogP contribution < -0.4 is 0 Å². The molecule has 0 saturated heterocycles. The highest BCUT2D eigenvalue weighted by Gasteiger charge is 2.61. The summed E-state index contributed by atoms with van der Waals surface area (Å²) in [5, 5.41) is 0.614. The maximum atomic E-state index is 12.4. The number of esters is 1. The SMILES string of the molecule is COC(=O)C1(c2ccccc2Cl)CC1/C=C/c1ccccc1. The van der Waals surface area contributed by atoms with E-state index in [1.807, 2.05) is 60.7 Å². The Labute approximate surface area is 135 Å². The minimum absolute atomic E-state index is 0.111. The molecule has 1 aliphatic rings. The van der Waals surface area contributed by atoms with Gasteiger partial charge >= 0.3 is 5.97 Å². The Morgan fingerprint density at radius 3 is 2.55 bits per heavy atom. The number of rotatable bonds is 4. The largest absolute Gasteiger partial charge is 0.468 e. The standard InChI is InChI=1S/C19H17ClO2/c1-22-18(21)19(16-9-5-6-10-17(16)20)13-15(19)12-11-14-7-3-2-4-8-14/h2-12,15H,13H2,1H3/b12-11+. The van der Waals surface area contributed by atoms with Gasteiger partial charge in [-0.15, -0.1) is 0 Å². The van der Waals surface area contributed by atoms with Crippen molar-refractivity contribution in [2.75, 3.05) is 7.11 Å². The van der Waals surface area contributed by atoms with Crippen molar-refractivity contribution < 1.29 is 9.53 Å². The number of carbonyl (C=O) groups is 1. The monoisotopic (exact) mass is 312 g/mol. The smallest absolute Gasteiger partial charge is 0.316 e. The minimum atomic E-state index is -0.641. The average Bonchev–Trinajstić information content (AvgIpc) is 3.29. The summed E-state index contributed by atoms with van der Waals surface area (Å²) in [6, 6.07) is 17.5. The van der Waals surface area contributed by atoms with Gasteiger partial charge in [0.1, 0.15) is 5.41 Å². The molecule has 0 aliphatic heterocycles. The maximum Gasteiger partial charge on any atom is 0.316 e. The fraction of sp³-hybridized carbons (Fsp3) is 0.211. The van der Waals surface area contributed by atoms with Crippen molar-refractivity contribution in [1.29, 1.82) is 0 Å². The molecule has 2 unspecified atom stereocenters. The van der Waals surface area contributed by atoms with Crippen molar-refractivity contribution in [2.24, 2.45) is 5.92 Å². The molecular weight excluding hydrogens is 296 g/mol. The van der Waals surface area contributed by atoms with Gasteiger partial charge in [0.15, 0.2) is 0 Å². The summed E-state index contributed by atoms with van der Waals surface area (Å²) in [5.41, 5.74) is 1.33. The summed E-state index contributed by atoms with van der Waals surface area (Å²) in [5.74, 6) is -0.108. The van der Waals surface area contributed by atoms with E-state index in [1.165, 1.54) is 7.11 Å². The number of benzene rings is 2. The van der Waals surface area contributed by atoms with Crippen LogP contribution in [0.4, 0.5) is 0 Å². The third-order valence-electron chi connectivity index (χ3n) is 4.24. The van der Waals surface area contributed by atoms with Crippen molar-refractivity contribution >= 4 is 23.6 Å². The van der Waals surface area contributed by atoms with Gasteiger partial charge in [0.25, 0.3) is 0 Å². The molecule has 0 heterocycles. The van der Waals surface area contributed by atoms with E-state index in [2.05, 4.69) is 6.08 Å². The van der Waals surface area contributed by atoms with Gasteiger partial charge < -0.3 is 4.74 Å². The Bertz CT molecular complexity index is 708. The van der Waals surface area contributed by atoms with Crippen molar-refractivity contribution in [1.82, 2.24) is 0 Å². The molecule has 1 aliphatic carbocycles. The molecule has 0 bridgehead atoms. The normalized spacial score (nSPS) is 23.5. The van der Waals surface area contributed by atoms with Crippen molar-refractivity contribution in [3.05, 3.63) is 76.8 Å². The lowest BCUT2D eigenvalue weighted by Crippen LogP contribution is -2.24. The molecule has 1 saturated carbocycles. The predicted octanol–water partition coefficient (Wildman–Crippen LogP) is 4.48. The van der Waals surface area contributed by atoms with Crippen LogP contribution in [0.15, 0.2) is 60.7 Å². The quantitative estimate of drug-likeness (QED) is 0.778. The van der Waals surface area contributed by atoms with Crippen LogP contribution in [0.5, 0.6) is 0 Å². The van der Waals surface area contributed by atoms with Crippen LogP contribution in [0, 0.1) is 5.92 Å². The van der Waals surface area contributed by atoms with Gasteiger partial charge in [-0.3, -0.25) is 4.79 Å². The Balaban J connectivity index is 1.90. The second-order valence-corrected chi connectivity index (χ2v) is 5.93. The zero-order valence-corrected chi connectivity index (χ0v) is 13.1. The average molecular weight is 313 g/mol.